The normalized spacial score (nSPS) is 11.3. The van der Waals surface area contributed by atoms with Crippen LogP contribution in [-0.2, 0) is 0 Å². The second-order valence-electron chi connectivity index (χ2n) is 3.27. The van der Waals surface area contributed by atoms with Gasteiger partial charge in [-0.3, -0.25) is 0 Å². The first-order valence-electron chi connectivity index (χ1n) is 4.73. The first kappa shape index (κ1) is 13.9. The average molecular weight is 226 g/mol. The summed E-state index contributed by atoms with van der Waals surface area (Å²) in [5.41, 5.74) is 13.0. The van der Waals surface area contributed by atoms with E-state index in [0.29, 0.717) is 12.1 Å². The first-order chi connectivity index (χ1) is 6.77. The van der Waals surface area contributed by atoms with Crippen LogP contribution in [0.4, 0.5) is 0 Å². The molecular weight excluding hydrogens is 210 g/mol. The molecule has 1 rings (SSSR count). The van der Waals surface area contributed by atoms with Crippen molar-refractivity contribution >= 4 is 12.4 Å². The maximum atomic E-state index is 8.71. The second-order valence-corrected chi connectivity index (χ2v) is 3.27. The summed E-state index contributed by atoms with van der Waals surface area (Å²) in [6, 6.07) is 9.51. The van der Waals surface area contributed by atoms with Gasteiger partial charge in [0.15, 0.2) is 0 Å². The van der Waals surface area contributed by atoms with Crippen LogP contribution in [-0.4, -0.2) is 6.54 Å². The average Bonchev–Trinajstić information content (AvgIpc) is 2.26. The molecule has 0 spiro atoms. The monoisotopic (exact) mass is 225 g/mol. The number of halogens is 1. The Labute approximate surface area is 96.5 Å². The predicted octanol–water partition coefficient (Wildman–Crippen LogP) is 1.72. The van der Waals surface area contributed by atoms with E-state index in [1.54, 1.807) is 6.07 Å². The SMILES string of the molecule is Cl.N#Cc1cccc([C@H](N)CCCN)c1. The molecule has 4 heteroatoms. The van der Waals surface area contributed by atoms with Crippen LogP contribution in [0.5, 0.6) is 0 Å². The topological polar surface area (TPSA) is 75.8 Å². The minimum Gasteiger partial charge on any atom is -0.330 e. The summed E-state index contributed by atoms with van der Waals surface area (Å²) >= 11 is 0. The number of benzene rings is 1. The number of nitrogens with zero attached hydrogens (tertiary/aromatic N) is 1. The highest BCUT2D eigenvalue weighted by Gasteiger charge is 2.05. The van der Waals surface area contributed by atoms with Crippen LogP contribution in [0.2, 0.25) is 0 Å². The van der Waals surface area contributed by atoms with Gasteiger partial charge < -0.3 is 11.5 Å². The van der Waals surface area contributed by atoms with Gasteiger partial charge in [-0.1, -0.05) is 12.1 Å². The molecule has 0 radical (unpaired) electrons. The molecule has 1 aromatic carbocycles. The van der Waals surface area contributed by atoms with Gasteiger partial charge in [0, 0.05) is 6.04 Å². The van der Waals surface area contributed by atoms with Gasteiger partial charge in [-0.15, -0.1) is 12.4 Å². The van der Waals surface area contributed by atoms with Crippen LogP contribution in [0.3, 0.4) is 0 Å². The maximum Gasteiger partial charge on any atom is 0.0991 e. The minimum absolute atomic E-state index is 0. The van der Waals surface area contributed by atoms with Crippen molar-refractivity contribution in [2.24, 2.45) is 11.5 Å². The fourth-order valence-electron chi connectivity index (χ4n) is 1.34. The highest BCUT2D eigenvalue weighted by atomic mass is 35.5. The van der Waals surface area contributed by atoms with Gasteiger partial charge in [-0.05, 0) is 37.1 Å². The van der Waals surface area contributed by atoms with Crippen molar-refractivity contribution < 1.29 is 0 Å². The van der Waals surface area contributed by atoms with Crippen LogP contribution in [0, 0.1) is 11.3 Å². The van der Waals surface area contributed by atoms with Crippen LogP contribution < -0.4 is 11.5 Å². The number of hydrogen-bond acceptors (Lipinski definition) is 3. The third-order valence-electron chi connectivity index (χ3n) is 2.16. The lowest BCUT2D eigenvalue weighted by Gasteiger charge is -2.11. The van der Waals surface area contributed by atoms with E-state index in [0.717, 1.165) is 18.4 Å². The molecule has 0 bridgehead atoms. The molecule has 0 amide bonds. The van der Waals surface area contributed by atoms with Crippen molar-refractivity contribution in [1.82, 2.24) is 0 Å². The molecule has 0 saturated heterocycles. The Bertz CT molecular complexity index is 333. The second kappa shape index (κ2) is 7.24. The molecule has 1 atom stereocenters. The largest absolute Gasteiger partial charge is 0.330 e. The molecule has 3 nitrogen and oxygen atoms in total. The Morgan fingerprint density at radius 3 is 2.73 bits per heavy atom. The summed E-state index contributed by atoms with van der Waals surface area (Å²) < 4.78 is 0. The zero-order valence-electron chi connectivity index (χ0n) is 8.52. The summed E-state index contributed by atoms with van der Waals surface area (Å²) in [5.74, 6) is 0. The molecule has 0 aliphatic rings. The predicted molar refractivity (Wildman–Crippen MR) is 63.6 cm³/mol. The third kappa shape index (κ3) is 4.30. The highest BCUT2D eigenvalue weighted by molar-refractivity contribution is 5.85. The van der Waals surface area contributed by atoms with Gasteiger partial charge in [0.25, 0.3) is 0 Å². The molecule has 0 aliphatic heterocycles. The van der Waals surface area contributed by atoms with E-state index in [4.69, 9.17) is 16.7 Å². The molecule has 0 fully saturated rings. The molecule has 0 aliphatic carbocycles. The van der Waals surface area contributed by atoms with E-state index in [1.165, 1.54) is 0 Å². The van der Waals surface area contributed by atoms with Gasteiger partial charge >= 0.3 is 0 Å². The van der Waals surface area contributed by atoms with Gasteiger partial charge in [-0.25, -0.2) is 0 Å². The molecule has 0 heterocycles. The summed E-state index contributed by atoms with van der Waals surface area (Å²) in [4.78, 5) is 0. The van der Waals surface area contributed by atoms with Crippen molar-refractivity contribution in [2.75, 3.05) is 6.54 Å². The van der Waals surface area contributed by atoms with E-state index in [-0.39, 0.29) is 18.4 Å². The fraction of sp³-hybridized carbons (Fsp3) is 0.364. The van der Waals surface area contributed by atoms with Crippen molar-refractivity contribution in [3.63, 3.8) is 0 Å². The maximum absolute atomic E-state index is 8.71. The lowest BCUT2D eigenvalue weighted by Crippen LogP contribution is -2.12. The smallest absolute Gasteiger partial charge is 0.0991 e. The molecule has 4 N–H and O–H groups in total. The Morgan fingerprint density at radius 2 is 2.13 bits per heavy atom. The number of nitrogens with two attached hydrogens (primary N) is 2. The van der Waals surface area contributed by atoms with E-state index < -0.39 is 0 Å². The molecular formula is C11H16ClN3. The van der Waals surface area contributed by atoms with Crippen molar-refractivity contribution in [2.45, 2.75) is 18.9 Å². The molecule has 0 saturated carbocycles. The highest BCUT2D eigenvalue weighted by Crippen LogP contribution is 2.16. The summed E-state index contributed by atoms with van der Waals surface area (Å²) in [6.45, 7) is 0.658. The quantitative estimate of drug-likeness (QED) is 0.819. The van der Waals surface area contributed by atoms with Gasteiger partial charge in [0.2, 0.25) is 0 Å². The standard InChI is InChI=1S/C11H15N3.ClH/c12-6-2-5-11(14)10-4-1-3-9(7-10)8-13;/h1,3-4,7,11H,2,5-6,12,14H2;1H/t11-;/m1./s1. The Hall–Kier alpha value is -1.08. The van der Waals surface area contributed by atoms with Gasteiger partial charge in [0.05, 0.1) is 11.6 Å². The molecule has 1 aromatic rings. The zero-order chi connectivity index (χ0) is 10.4. The van der Waals surface area contributed by atoms with Crippen LogP contribution in [0.1, 0.15) is 30.0 Å². The van der Waals surface area contributed by atoms with Crippen molar-refractivity contribution in [3.8, 4) is 6.07 Å². The van der Waals surface area contributed by atoms with E-state index >= 15 is 0 Å². The van der Waals surface area contributed by atoms with Gasteiger partial charge in [0.1, 0.15) is 0 Å². The van der Waals surface area contributed by atoms with Gasteiger partial charge in [-0.2, -0.15) is 5.26 Å². The Morgan fingerprint density at radius 1 is 1.40 bits per heavy atom. The van der Waals surface area contributed by atoms with Crippen molar-refractivity contribution in [3.05, 3.63) is 35.4 Å². The lowest BCUT2D eigenvalue weighted by atomic mass is 10.0. The third-order valence-corrected chi connectivity index (χ3v) is 2.16. The lowest BCUT2D eigenvalue weighted by molar-refractivity contribution is 0.618. The molecule has 82 valence electrons. The zero-order valence-corrected chi connectivity index (χ0v) is 9.33. The van der Waals surface area contributed by atoms with E-state index in [2.05, 4.69) is 6.07 Å². The Kier molecular flexibility index (Phi) is 6.72. The van der Waals surface area contributed by atoms with Crippen LogP contribution in [0.25, 0.3) is 0 Å². The molecule has 15 heavy (non-hydrogen) atoms. The number of hydrogen-bond donors (Lipinski definition) is 2. The van der Waals surface area contributed by atoms with E-state index in [1.807, 2.05) is 18.2 Å². The summed E-state index contributed by atoms with van der Waals surface area (Å²) in [5, 5.41) is 8.71. The number of nitriles is 1. The first-order valence-corrected chi connectivity index (χ1v) is 4.73. The fourth-order valence-corrected chi connectivity index (χ4v) is 1.34. The Balaban J connectivity index is 0.00000196. The van der Waals surface area contributed by atoms with Crippen molar-refractivity contribution in [1.29, 1.82) is 5.26 Å². The van der Waals surface area contributed by atoms with Crippen LogP contribution >= 0.6 is 12.4 Å². The summed E-state index contributed by atoms with van der Waals surface area (Å²) in [7, 11) is 0. The van der Waals surface area contributed by atoms with E-state index in [9.17, 15) is 0 Å². The minimum atomic E-state index is -0.00755. The molecule has 0 unspecified atom stereocenters. The summed E-state index contributed by atoms with van der Waals surface area (Å²) in [6.07, 6.45) is 1.78. The van der Waals surface area contributed by atoms with Crippen LogP contribution in [0.15, 0.2) is 24.3 Å². The number of rotatable bonds is 4. The molecule has 0 aromatic heterocycles.